The predicted octanol–water partition coefficient (Wildman–Crippen LogP) is 1.56. The van der Waals surface area contributed by atoms with Crippen LogP contribution in [0.5, 0.6) is 0 Å². The van der Waals surface area contributed by atoms with E-state index in [-0.39, 0.29) is 11.7 Å². The summed E-state index contributed by atoms with van der Waals surface area (Å²) in [6, 6.07) is 0. The van der Waals surface area contributed by atoms with Crippen LogP contribution in [0, 0.1) is 0 Å². The van der Waals surface area contributed by atoms with Gasteiger partial charge in [-0.2, -0.15) is 0 Å². The summed E-state index contributed by atoms with van der Waals surface area (Å²) >= 11 is 0. The van der Waals surface area contributed by atoms with Gasteiger partial charge < -0.3 is 15.2 Å². The van der Waals surface area contributed by atoms with Crippen LogP contribution in [0.3, 0.4) is 0 Å². The molecule has 0 aromatic rings. The van der Waals surface area contributed by atoms with Gasteiger partial charge in [-0.05, 0) is 27.2 Å². The third-order valence-corrected chi connectivity index (χ3v) is 2.16. The average molecular weight is 189 g/mol. The van der Waals surface area contributed by atoms with Gasteiger partial charge in [-0.3, -0.25) is 0 Å². The molecular weight excluding hydrogens is 166 g/mol. The molecule has 0 rings (SSSR count). The lowest BCUT2D eigenvalue weighted by Crippen LogP contribution is -2.37. The first-order valence-electron chi connectivity index (χ1n) is 4.99. The van der Waals surface area contributed by atoms with E-state index in [0.29, 0.717) is 19.8 Å². The Hall–Kier alpha value is -0.120. The van der Waals surface area contributed by atoms with Gasteiger partial charge in [0.25, 0.3) is 0 Å². The lowest BCUT2D eigenvalue weighted by molar-refractivity contribution is -0.0616. The summed E-state index contributed by atoms with van der Waals surface area (Å²) in [6.07, 6.45) is 1.21. The molecule has 0 bridgehead atoms. The summed E-state index contributed by atoms with van der Waals surface area (Å²) in [5.74, 6) is 0. The highest BCUT2D eigenvalue weighted by molar-refractivity contribution is 4.73. The van der Waals surface area contributed by atoms with Crippen molar-refractivity contribution in [1.29, 1.82) is 0 Å². The van der Waals surface area contributed by atoms with Crippen LogP contribution in [-0.2, 0) is 9.47 Å². The van der Waals surface area contributed by atoms with Crippen LogP contribution in [0.4, 0.5) is 0 Å². The Kier molecular flexibility index (Phi) is 6.29. The normalized spacial score (nSPS) is 16.2. The molecule has 0 aliphatic rings. The fraction of sp³-hybridized carbons (Fsp3) is 1.00. The van der Waals surface area contributed by atoms with Crippen LogP contribution in [0.25, 0.3) is 0 Å². The van der Waals surface area contributed by atoms with Gasteiger partial charge in [-0.15, -0.1) is 0 Å². The number of hydrogen-bond acceptors (Lipinski definition) is 3. The fourth-order valence-electron chi connectivity index (χ4n) is 0.877. The molecule has 0 amide bonds. The number of ether oxygens (including phenoxy) is 2. The van der Waals surface area contributed by atoms with E-state index in [0.717, 1.165) is 6.42 Å². The van der Waals surface area contributed by atoms with E-state index in [2.05, 4.69) is 6.92 Å². The highest BCUT2D eigenvalue weighted by Crippen LogP contribution is 2.12. The first-order valence-corrected chi connectivity index (χ1v) is 4.99. The second-order valence-corrected chi connectivity index (χ2v) is 3.78. The Morgan fingerprint density at radius 3 is 2.31 bits per heavy atom. The van der Waals surface area contributed by atoms with Crippen molar-refractivity contribution in [3.63, 3.8) is 0 Å². The molecule has 1 atom stereocenters. The molecule has 3 nitrogen and oxygen atoms in total. The Morgan fingerprint density at radius 1 is 1.31 bits per heavy atom. The molecule has 0 saturated carbocycles. The second-order valence-electron chi connectivity index (χ2n) is 3.78. The van der Waals surface area contributed by atoms with Crippen LogP contribution < -0.4 is 5.73 Å². The van der Waals surface area contributed by atoms with Crippen molar-refractivity contribution in [3.05, 3.63) is 0 Å². The van der Waals surface area contributed by atoms with Gasteiger partial charge in [0.2, 0.25) is 0 Å². The standard InChI is InChI=1S/C10H23NO2/c1-5-10(4,8-11)13-7-6-12-9(2)3/h9H,5-8,11H2,1-4H3. The molecule has 0 aliphatic heterocycles. The van der Waals surface area contributed by atoms with E-state index < -0.39 is 0 Å². The Bertz CT molecular complexity index is 122. The van der Waals surface area contributed by atoms with Crippen molar-refractivity contribution in [3.8, 4) is 0 Å². The maximum Gasteiger partial charge on any atom is 0.0774 e. The topological polar surface area (TPSA) is 44.5 Å². The molecule has 0 saturated heterocycles. The minimum absolute atomic E-state index is 0.180. The van der Waals surface area contributed by atoms with Gasteiger partial charge >= 0.3 is 0 Å². The van der Waals surface area contributed by atoms with Crippen LogP contribution in [-0.4, -0.2) is 31.5 Å². The summed E-state index contributed by atoms with van der Waals surface area (Å²) in [5.41, 5.74) is 5.41. The van der Waals surface area contributed by atoms with Crippen molar-refractivity contribution >= 4 is 0 Å². The van der Waals surface area contributed by atoms with Crippen molar-refractivity contribution in [2.75, 3.05) is 19.8 Å². The summed E-state index contributed by atoms with van der Waals surface area (Å²) in [4.78, 5) is 0. The van der Waals surface area contributed by atoms with Gasteiger partial charge in [0, 0.05) is 6.54 Å². The molecule has 0 spiro atoms. The van der Waals surface area contributed by atoms with E-state index in [1.807, 2.05) is 20.8 Å². The summed E-state index contributed by atoms with van der Waals surface area (Å²) in [6.45, 7) is 9.97. The summed E-state index contributed by atoms with van der Waals surface area (Å²) in [7, 11) is 0. The van der Waals surface area contributed by atoms with E-state index in [1.165, 1.54) is 0 Å². The van der Waals surface area contributed by atoms with Gasteiger partial charge in [-0.25, -0.2) is 0 Å². The summed E-state index contributed by atoms with van der Waals surface area (Å²) < 4.78 is 11.0. The van der Waals surface area contributed by atoms with Crippen LogP contribution in [0.15, 0.2) is 0 Å². The maximum absolute atomic E-state index is 5.63. The van der Waals surface area contributed by atoms with E-state index >= 15 is 0 Å². The zero-order valence-corrected chi connectivity index (χ0v) is 9.30. The van der Waals surface area contributed by atoms with Gasteiger partial charge in [-0.1, -0.05) is 6.92 Å². The third-order valence-electron chi connectivity index (χ3n) is 2.16. The van der Waals surface area contributed by atoms with Crippen molar-refractivity contribution in [2.24, 2.45) is 5.73 Å². The van der Waals surface area contributed by atoms with Crippen molar-refractivity contribution in [2.45, 2.75) is 45.8 Å². The average Bonchev–Trinajstić information content (AvgIpc) is 2.12. The van der Waals surface area contributed by atoms with Gasteiger partial charge in [0.05, 0.1) is 24.9 Å². The smallest absolute Gasteiger partial charge is 0.0774 e. The van der Waals surface area contributed by atoms with E-state index in [4.69, 9.17) is 15.2 Å². The molecule has 2 N–H and O–H groups in total. The fourth-order valence-corrected chi connectivity index (χ4v) is 0.877. The molecule has 0 aliphatic carbocycles. The van der Waals surface area contributed by atoms with E-state index in [1.54, 1.807) is 0 Å². The first kappa shape index (κ1) is 12.9. The highest BCUT2D eigenvalue weighted by atomic mass is 16.5. The molecule has 1 unspecified atom stereocenters. The van der Waals surface area contributed by atoms with Gasteiger partial charge in [0.1, 0.15) is 0 Å². The molecule has 0 aromatic heterocycles. The molecule has 0 fully saturated rings. The quantitative estimate of drug-likeness (QED) is 0.618. The van der Waals surface area contributed by atoms with E-state index in [9.17, 15) is 0 Å². The number of nitrogens with two attached hydrogens (primary N) is 1. The highest BCUT2D eigenvalue weighted by Gasteiger charge is 2.19. The SMILES string of the molecule is CCC(C)(CN)OCCOC(C)C. The Morgan fingerprint density at radius 2 is 1.92 bits per heavy atom. The number of rotatable bonds is 7. The Labute approximate surface area is 81.6 Å². The molecule has 0 heterocycles. The minimum atomic E-state index is -0.180. The van der Waals surface area contributed by atoms with Crippen LogP contribution in [0.2, 0.25) is 0 Å². The molecule has 0 radical (unpaired) electrons. The molecule has 80 valence electrons. The minimum Gasteiger partial charge on any atom is -0.376 e. The van der Waals surface area contributed by atoms with Crippen molar-refractivity contribution < 1.29 is 9.47 Å². The molecule has 3 heteroatoms. The lowest BCUT2D eigenvalue weighted by Gasteiger charge is -2.27. The molecule has 13 heavy (non-hydrogen) atoms. The molecular formula is C10H23NO2. The summed E-state index contributed by atoms with van der Waals surface area (Å²) in [5, 5.41) is 0. The van der Waals surface area contributed by atoms with Gasteiger partial charge in [0.15, 0.2) is 0 Å². The zero-order chi connectivity index (χ0) is 10.3. The second kappa shape index (κ2) is 6.35. The van der Waals surface area contributed by atoms with Crippen molar-refractivity contribution in [1.82, 2.24) is 0 Å². The third kappa shape index (κ3) is 6.02. The Balaban J connectivity index is 3.50. The number of hydrogen-bond donors (Lipinski definition) is 1. The van der Waals surface area contributed by atoms with Crippen LogP contribution in [0.1, 0.15) is 34.1 Å². The monoisotopic (exact) mass is 189 g/mol. The lowest BCUT2D eigenvalue weighted by atomic mass is 10.0. The predicted molar refractivity (Wildman–Crippen MR) is 54.8 cm³/mol. The molecule has 0 aromatic carbocycles. The largest absolute Gasteiger partial charge is 0.376 e. The zero-order valence-electron chi connectivity index (χ0n) is 9.30. The van der Waals surface area contributed by atoms with Crippen LogP contribution >= 0.6 is 0 Å². The maximum atomic E-state index is 5.63. The first-order chi connectivity index (χ1) is 6.04.